The van der Waals surface area contributed by atoms with E-state index < -0.39 is 0 Å². The Labute approximate surface area is 135 Å². The number of hydrogen-bond donors (Lipinski definition) is 1. The molecule has 23 heavy (non-hydrogen) atoms. The topological polar surface area (TPSA) is 62.6 Å². The monoisotopic (exact) mass is 317 g/mol. The Morgan fingerprint density at radius 1 is 1.26 bits per heavy atom. The molecule has 1 fully saturated rings. The molecule has 2 aromatic rings. The van der Waals surface area contributed by atoms with Gasteiger partial charge in [0.25, 0.3) is 0 Å². The molecule has 7 nitrogen and oxygen atoms in total. The predicted molar refractivity (Wildman–Crippen MR) is 89.8 cm³/mol. The summed E-state index contributed by atoms with van der Waals surface area (Å²) in [6.07, 6.45) is 0. The summed E-state index contributed by atoms with van der Waals surface area (Å²) in [5.74, 6) is 0.964. The first-order valence-electron chi connectivity index (χ1n) is 7.89. The lowest BCUT2D eigenvalue weighted by Gasteiger charge is -2.35. The van der Waals surface area contributed by atoms with Crippen molar-refractivity contribution in [2.45, 2.75) is 0 Å². The third-order valence-corrected chi connectivity index (χ3v) is 4.20. The maximum atomic E-state index is 12.0. The van der Waals surface area contributed by atoms with Crippen LogP contribution in [0.5, 0.6) is 0 Å². The van der Waals surface area contributed by atoms with Crippen molar-refractivity contribution in [3.05, 3.63) is 24.3 Å². The lowest BCUT2D eigenvalue weighted by Crippen LogP contribution is -2.52. The highest BCUT2D eigenvalue weighted by Gasteiger charge is 2.23. The van der Waals surface area contributed by atoms with E-state index in [1.165, 1.54) is 0 Å². The number of rotatable bonds is 4. The van der Waals surface area contributed by atoms with E-state index in [0.717, 1.165) is 30.1 Å². The number of carbonyl (C=O) groups is 1. The number of carbonyl (C=O) groups excluding carboxylic acids is 1. The van der Waals surface area contributed by atoms with Crippen LogP contribution < -0.4 is 10.2 Å². The molecule has 0 saturated carbocycles. The second-order valence-electron chi connectivity index (χ2n) is 5.66. The first kappa shape index (κ1) is 15.6. The number of fused-ring (bicyclic) bond motifs is 1. The average Bonchev–Trinajstić information content (AvgIpc) is 2.92. The molecule has 0 aliphatic carbocycles. The largest absolute Gasteiger partial charge is 0.383 e. The van der Waals surface area contributed by atoms with Crippen molar-refractivity contribution in [1.82, 2.24) is 19.8 Å². The van der Waals surface area contributed by atoms with Crippen LogP contribution in [0.15, 0.2) is 24.3 Å². The van der Waals surface area contributed by atoms with Crippen molar-refractivity contribution in [2.24, 2.45) is 7.05 Å². The number of hydrogen-bond acceptors (Lipinski definition) is 4. The van der Waals surface area contributed by atoms with Crippen molar-refractivity contribution < 1.29 is 9.53 Å². The van der Waals surface area contributed by atoms with Crippen LogP contribution in [0.2, 0.25) is 0 Å². The quantitative estimate of drug-likeness (QED) is 0.856. The van der Waals surface area contributed by atoms with Crippen LogP contribution >= 0.6 is 0 Å². The molecule has 0 unspecified atom stereocenters. The van der Waals surface area contributed by atoms with Crippen LogP contribution in [0.25, 0.3) is 11.0 Å². The number of methoxy groups -OCH3 is 1. The Morgan fingerprint density at radius 2 is 2.00 bits per heavy atom. The van der Waals surface area contributed by atoms with Crippen LogP contribution in [-0.4, -0.2) is 66.9 Å². The van der Waals surface area contributed by atoms with E-state index in [0.29, 0.717) is 26.2 Å². The number of para-hydroxylation sites is 2. The summed E-state index contributed by atoms with van der Waals surface area (Å²) in [6, 6.07) is 8.10. The molecule has 124 valence electrons. The molecule has 1 aromatic carbocycles. The highest BCUT2D eigenvalue weighted by atomic mass is 16.5. The van der Waals surface area contributed by atoms with E-state index in [1.807, 2.05) is 30.1 Å². The predicted octanol–water partition coefficient (Wildman–Crippen LogP) is 1.05. The van der Waals surface area contributed by atoms with Gasteiger partial charge in [0.2, 0.25) is 5.95 Å². The number of nitrogens with one attached hydrogen (secondary N) is 1. The highest BCUT2D eigenvalue weighted by molar-refractivity contribution is 5.79. The van der Waals surface area contributed by atoms with E-state index >= 15 is 0 Å². The molecule has 7 heteroatoms. The minimum Gasteiger partial charge on any atom is -0.383 e. The van der Waals surface area contributed by atoms with Gasteiger partial charge in [0, 0.05) is 46.9 Å². The van der Waals surface area contributed by atoms with Crippen LogP contribution in [0.1, 0.15) is 0 Å². The van der Waals surface area contributed by atoms with E-state index in [-0.39, 0.29) is 6.03 Å². The van der Waals surface area contributed by atoms with Gasteiger partial charge in [-0.25, -0.2) is 9.78 Å². The molecule has 1 aliphatic heterocycles. The first-order valence-corrected chi connectivity index (χ1v) is 7.89. The van der Waals surface area contributed by atoms with Gasteiger partial charge >= 0.3 is 6.03 Å². The third-order valence-electron chi connectivity index (χ3n) is 4.20. The fraction of sp³-hybridized carbons (Fsp3) is 0.500. The number of imidazole rings is 1. The minimum atomic E-state index is -0.0216. The fourth-order valence-corrected chi connectivity index (χ4v) is 2.90. The second kappa shape index (κ2) is 6.87. The van der Waals surface area contributed by atoms with Crippen molar-refractivity contribution >= 4 is 23.0 Å². The van der Waals surface area contributed by atoms with Crippen molar-refractivity contribution in [3.63, 3.8) is 0 Å². The number of aryl methyl sites for hydroxylation is 1. The summed E-state index contributed by atoms with van der Waals surface area (Å²) in [4.78, 5) is 20.8. The Balaban J connectivity index is 1.62. The molecule has 2 heterocycles. The van der Waals surface area contributed by atoms with E-state index in [1.54, 1.807) is 7.11 Å². The molecular weight excluding hydrogens is 294 g/mol. The molecule has 2 amide bonds. The Morgan fingerprint density at radius 3 is 2.70 bits per heavy atom. The molecule has 0 bridgehead atoms. The number of ether oxygens (including phenoxy) is 1. The number of aromatic nitrogens is 2. The maximum Gasteiger partial charge on any atom is 0.317 e. The number of anilines is 1. The summed E-state index contributed by atoms with van der Waals surface area (Å²) in [5, 5.41) is 2.86. The highest BCUT2D eigenvalue weighted by Crippen LogP contribution is 2.21. The zero-order valence-corrected chi connectivity index (χ0v) is 13.7. The summed E-state index contributed by atoms with van der Waals surface area (Å²) in [5.41, 5.74) is 2.13. The van der Waals surface area contributed by atoms with Gasteiger partial charge in [0.1, 0.15) is 0 Å². The average molecular weight is 317 g/mol. The standard InChI is InChI=1S/C16H23N5O2/c1-19-14-6-4-3-5-13(14)18-15(19)20-8-10-21(11-9-20)16(22)17-7-12-23-2/h3-6H,7-12H2,1-2H3,(H,17,22). The van der Waals surface area contributed by atoms with Gasteiger partial charge in [0.05, 0.1) is 17.6 Å². The molecule has 0 atom stereocenters. The number of urea groups is 1. The smallest absolute Gasteiger partial charge is 0.317 e. The molecular formula is C16H23N5O2. The molecule has 1 aromatic heterocycles. The minimum absolute atomic E-state index is 0.0216. The number of nitrogens with zero attached hydrogens (tertiary/aromatic N) is 4. The van der Waals surface area contributed by atoms with Gasteiger partial charge in [-0.15, -0.1) is 0 Å². The van der Waals surface area contributed by atoms with Crippen molar-refractivity contribution in [3.8, 4) is 0 Å². The van der Waals surface area contributed by atoms with Gasteiger partial charge < -0.3 is 24.4 Å². The number of benzene rings is 1. The van der Waals surface area contributed by atoms with Crippen molar-refractivity contribution in [1.29, 1.82) is 0 Å². The lowest BCUT2D eigenvalue weighted by molar-refractivity contribution is 0.177. The lowest BCUT2D eigenvalue weighted by atomic mass is 10.3. The van der Waals surface area contributed by atoms with E-state index in [9.17, 15) is 4.79 Å². The first-order chi connectivity index (χ1) is 11.2. The summed E-state index contributed by atoms with van der Waals surface area (Å²) in [6.45, 7) is 4.04. The Hall–Kier alpha value is -2.28. The van der Waals surface area contributed by atoms with Crippen LogP contribution in [-0.2, 0) is 11.8 Å². The Kier molecular flexibility index (Phi) is 4.66. The van der Waals surface area contributed by atoms with Gasteiger partial charge in [-0.05, 0) is 12.1 Å². The third kappa shape index (κ3) is 3.24. The van der Waals surface area contributed by atoms with Crippen molar-refractivity contribution in [2.75, 3.05) is 51.3 Å². The second-order valence-corrected chi connectivity index (χ2v) is 5.66. The molecule has 0 spiro atoms. The van der Waals surface area contributed by atoms with Gasteiger partial charge in [-0.2, -0.15) is 0 Å². The van der Waals surface area contributed by atoms with E-state index in [4.69, 9.17) is 9.72 Å². The van der Waals surface area contributed by atoms with Gasteiger partial charge in [-0.1, -0.05) is 12.1 Å². The zero-order chi connectivity index (χ0) is 16.2. The molecule has 1 N–H and O–H groups in total. The maximum absolute atomic E-state index is 12.0. The molecule has 1 aliphatic rings. The molecule has 3 rings (SSSR count). The Bertz CT molecular complexity index is 676. The molecule has 1 saturated heterocycles. The summed E-state index contributed by atoms with van der Waals surface area (Å²) < 4.78 is 7.06. The van der Waals surface area contributed by atoms with Gasteiger partial charge in [0.15, 0.2) is 0 Å². The summed E-state index contributed by atoms with van der Waals surface area (Å²) >= 11 is 0. The van der Waals surface area contributed by atoms with Crippen LogP contribution in [0.4, 0.5) is 10.7 Å². The van der Waals surface area contributed by atoms with E-state index in [2.05, 4.69) is 20.9 Å². The number of amides is 2. The summed E-state index contributed by atoms with van der Waals surface area (Å²) in [7, 11) is 3.66. The molecule has 0 radical (unpaired) electrons. The normalized spacial score (nSPS) is 15.2. The SMILES string of the molecule is COCCNC(=O)N1CCN(c2nc3ccccc3n2C)CC1. The van der Waals surface area contributed by atoms with Crippen LogP contribution in [0.3, 0.4) is 0 Å². The zero-order valence-electron chi connectivity index (χ0n) is 13.7. The van der Waals surface area contributed by atoms with Crippen LogP contribution in [0, 0.1) is 0 Å². The number of piperazine rings is 1. The van der Waals surface area contributed by atoms with Gasteiger partial charge in [-0.3, -0.25) is 0 Å². The fourth-order valence-electron chi connectivity index (χ4n) is 2.90.